The van der Waals surface area contributed by atoms with Crippen LogP contribution < -0.4 is 10.1 Å². The average Bonchev–Trinajstić information content (AvgIpc) is 2.47. The first-order chi connectivity index (χ1) is 10.9. The number of hydrogen-bond donors (Lipinski definition) is 1. The van der Waals surface area contributed by atoms with Crippen LogP contribution in [0, 0.1) is 10.5 Å². The highest BCUT2D eigenvalue weighted by Gasteiger charge is 2.08. The smallest absolute Gasteiger partial charge is 0.248 e. The zero-order valence-electron chi connectivity index (χ0n) is 12.5. The average molecular weight is 462 g/mol. The van der Waals surface area contributed by atoms with E-state index in [9.17, 15) is 4.79 Å². The van der Waals surface area contributed by atoms with Gasteiger partial charge in [-0.25, -0.2) is 0 Å². The molecule has 0 fully saturated rings. The summed E-state index contributed by atoms with van der Waals surface area (Å²) in [5.41, 5.74) is 2.41. The van der Waals surface area contributed by atoms with E-state index in [4.69, 9.17) is 27.9 Å². The number of rotatable bonds is 4. The monoisotopic (exact) mass is 461 g/mol. The van der Waals surface area contributed by atoms with Crippen LogP contribution in [0.15, 0.2) is 36.4 Å². The zero-order valence-corrected chi connectivity index (χ0v) is 16.2. The molecule has 0 spiro atoms. The molecule has 23 heavy (non-hydrogen) atoms. The number of halogens is 3. The SMILES string of the molecule is COc1c(Cl)cc(Cl)cc1C=CC(=O)Nc1ccc(I)cc1C. The van der Waals surface area contributed by atoms with Gasteiger partial charge in [0, 0.05) is 25.9 Å². The van der Waals surface area contributed by atoms with E-state index in [2.05, 4.69) is 27.9 Å². The molecule has 0 atom stereocenters. The highest BCUT2D eigenvalue weighted by atomic mass is 127. The molecule has 2 rings (SSSR count). The van der Waals surface area contributed by atoms with Gasteiger partial charge in [-0.3, -0.25) is 4.79 Å². The molecule has 0 aromatic heterocycles. The van der Waals surface area contributed by atoms with Gasteiger partial charge in [-0.05, 0) is 71.5 Å². The third-order valence-electron chi connectivity index (χ3n) is 3.10. The first kappa shape index (κ1) is 18.1. The molecule has 1 N–H and O–H groups in total. The molecule has 6 heteroatoms. The van der Waals surface area contributed by atoms with Gasteiger partial charge in [0.15, 0.2) is 0 Å². The van der Waals surface area contributed by atoms with Crippen LogP contribution >= 0.6 is 45.8 Å². The van der Waals surface area contributed by atoms with Crippen molar-refractivity contribution in [2.45, 2.75) is 6.92 Å². The van der Waals surface area contributed by atoms with Crippen molar-refractivity contribution >= 4 is 63.5 Å². The van der Waals surface area contributed by atoms with Crippen molar-refractivity contribution in [3.8, 4) is 5.75 Å². The minimum atomic E-state index is -0.243. The Kier molecular flexibility index (Phi) is 6.33. The van der Waals surface area contributed by atoms with E-state index in [0.29, 0.717) is 21.4 Å². The van der Waals surface area contributed by atoms with Gasteiger partial charge in [-0.15, -0.1) is 0 Å². The standard InChI is InChI=1S/C17H14Cl2INO2/c1-10-7-13(20)4-5-15(10)21-16(22)6-3-11-8-12(18)9-14(19)17(11)23-2/h3-9H,1-2H3,(H,21,22). The summed E-state index contributed by atoms with van der Waals surface area (Å²) in [6.45, 7) is 1.95. The summed E-state index contributed by atoms with van der Waals surface area (Å²) in [6, 6.07) is 9.09. The number of amides is 1. The van der Waals surface area contributed by atoms with Gasteiger partial charge in [0.05, 0.1) is 12.1 Å². The zero-order chi connectivity index (χ0) is 17.0. The maximum Gasteiger partial charge on any atom is 0.248 e. The molecule has 3 nitrogen and oxygen atoms in total. The van der Waals surface area contributed by atoms with Crippen molar-refractivity contribution in [2.75, 3.05) is 12.4 Å². The molecule has 0 bridgehead atoms. The highest BCUT2D eigenvalue weighted by Crippen LogP contribution is 2.33. The van der Waals surface area contributed by atoms with Crippen LogP contribution in [-0.4, -0.2) is 13.0 Å². The van der Waals surface area contributed by atoms with Crippen LogP contribution in [0.4, 0.5) is 5.69 Å². The largest absolute Gasteiger partial charge is 0.495 e. The fraction of sp³-hybridized carbons (Fsp3) is 0.118. The second-order valence-corrected chi connectivity index (χ2v) is 6.88. The van der Waals surface area contributed by atoms with Crippen LogP contribution in [0.3, 0.4) is 0 Å². The highest BCUT2D eigenvalue weighted by molar-refractivity contribution is 14.1. The summed E-state index contributed by atoms with van der Waals surface area (Å²) in [5, 5.41) is 3.71. The summed E-state index contributed by atoms with van der Waals surface area (Å²) in [5.74, 6) is 0.234. The van der Waals surface area contributed by atoms with Crippen LogP contribution in [-0.2, 0) is 4.79 Å². The summed E-state index contributed by atoms with van der Waals surface area (Å²) < 4.78 is 6.36. The van der Waals surface area contributed by atoms with Crippen LogP contribution in [0.1, 0.15) is 11.1 Å². The minimum Gasteiger partial charge on any atom is -0.495 e. The Hall–Kier alpha value is -1.24. The Bertz CT molecular complexity index is 775. The molecular formula is C17H14Cl2INO2. The molecule has 0 heterocycles. The first-order valence-electron chi connectivity index (χ1n) is 6.69. The molecule has 0 unspecified atom stereocenters. The van der Waals surface area contributed by atoms with Crippen LogP contribution in [0.5, 0.6) is 5.75 Å². The number of carbonyl (C=O) groups is 1. The summed E-state index contributed by atoms with van der Waals surface area (Å²) in [6.07, 6.45) is 3.04. The quantitative estimate of drug-likeness (QED) is 0.477. The van der Waals surface area contributed by atoms with Gasteiger partial charge in [0.2, 0.25) is 5.91 Å². The summed E-state index contributed by atoms with van der Waals surface area (Å²) in [7, 11) is 1.52. The summed E-state index contributed by atoms with van der Waals surface area (Å²) in [4.78, 5) is 12.1. The van der Waals surface area contributed by atoms with E-state index in [1.165, 1.54) is 13.2 Å². The van der Waals surface area contributed by atoms with E-state index in [1.807, 2.05) is 25.1 Å². The van der Waals surface area contributed by atoms with Crippen molar-refractivity contribution in [1.29, 1.82) is 0 Å². The second-order valence-electron chi connectivity index (χ2n) is 4.79. The van der Waals surface area contributed by atoms with Crippen LogP contribution in [0.25, 0.3) is 6.08 Å². The van der Waals surface area contributed by atoms with Gasteiger partial charge in [0.1, 0.15) is 5.75 Å². The number of hydrogen-bond acceptors (Lipinski definition) is 2. The Morgan fingerprint density at radius 1 is 1.26 bits per heavy atom. The van der Waals surface area contributed by atoms with E-state index in [1.54, 1.807) is 18.2 Å². The van der Waals surface area contributed by atoms with Gasteiger partial charge >= 0.3 is 0 Å². The van der Waals surface area contributed by atoms with Gasteiger partial charge in [-0.2, -0.15) is 0 Å². The Balaban J connectivity index is 2.18. The minimum absolute atomic E-state index is 0.243. The molecule has 0 aliphatic heterocycles. The molecule has 120 valence electrons. The number of carbonyl (C=O) groups excluding carboxylic acids is 1. The van der Waals surface area contributed by atoms with Gasteiger partial charge in [0.25, 0.3) is 0 Å². The molecule has 0 saturated heterocycles. The summed E-state index contributed by atoms with van der Waals surface area (Å²) >= 11 is 14.3. The third kappa shape index (κ3) is 4.86. The van der Waals surface area contributed by atoms with E-state index in [0.717, 1.165) is 14.8 Å². The lowest BCUT2D eigenvalue weighted by atomic mass is 10.1. The lowest BCUT2D eigenvalue weighted by molar-refractivity contribution is -0.111. The predicted molar refractivity (Wildman–Crippen MR) is 105 cm³/mol. The maximum absolute atomic E-state index is 12.1. The number of benzene rings is 2. The molecule has 0 radical (unpaired) electrons. The van der Waals surface area contributed by atoms with E-state index >= 15 is 0 Å². The number of anilines is 1. The molecule has 0 aliphatic rings. The molecule has 2 aromatic rings. The second kappa shape index (κ2) is 8.04. The first-order valence-corrected chi connectivity index (χ1v) is 8.52. The van der Waals surface area contributed by atoms with Crippen molar-refractivity contribution in [1.82, 2.24) is 0 Å². The molecule has 0 saturated carbocycles. The number of methoxy groups -OCH3 is 1. The number of nitrogens with one attached hydrogen (secondary N) is 1. The Morgan fingerprint density at radius 2 is 2.00 bits per heavy atom. The fourth-order valence-corrected chi connectivity index (χ4v) is 3.26. The Labute approximate surface area is 158 Å². The topological polar surface area (TPSA) is 38.3 Å². The number of ether oxygens (including phenoxy) is 1. The molecular weight excluding hydrogens is 448 g/mol. The lowest BCUT2D eigenvalue weighted by Crippen LogP contribution is -2.09. The van der Waals surface area contributed by atoms with Crippen molar-refractivity contribution in [2.24, 2.45) is 0 Å². The third-order valence-corrected chi connectivity index (χ3v) is 4.27. The van der Waals surface area contributed by atoms with Crippen LogP contribution in [0.2, 0.25) is 10.0 Å². The van der Waals surface area contributed by atoms with Gasteiger partial charge < -0.3 is 10.1 Å². The van der Waals surface area contributed by atoms with E-state index in [-0.39, 0.29) is 5.91 Å². The van der Waals surface area contributed by atoms with Crippen molar-refractivity contribution < 1.29 is 9.53 Å². The van der Waals surface area contributed by atoms with Gasteiger partial charge in [-0.1, -0.05) is 23.2 Å². The Morgan fingerprint density at radius 3 is 2.65 bits per heavy atom. The van der Waals surface area contributed by atoms with Crippen molar-refractivity contribution in [3.05, 3.63) is 61.2 Å². The number of aryl methyl sites for hydroxylation is 1. The predicted octanol–water partition coefficient (Wildman–Crippen LogP) is 5.57. The molecule has 0 aliphatic carbocycles. The lowest BCUT2D eigenvalue weighted by Gasteiger charge is -2.08. The van der Waals surface area contributed by atoms with E-state index < -0.39 is 0 Å². The molecule has 1 amide bonds. The van der Waals surface area contributed by atoms with Crippen molar-refractivity contribution in [3.63, 3.8) is 0 Å². The molecule has 2 aromatic carbocycles. The fourth-order valence-electron chi connectivity index (χ4n) is 2.03. The maximum atomic E-state index is 12.1. The normalized spacial score (nSPS) is 10.8.